The number of H-pyrrole nitrogens is 1. The van der Waals surface area contributed by atoms with Crippen LogP contribution in [0.2, 0.25) is 0 Å². The molecule has 0 atom stereocenters. The molecule has 0 fully saturated rings. The number of hydrogen-bond acceptors (Lipinski definition) is 3. The summed E-state index contributed by atoms with van der Waals surface area (Å²) in [6.07, 6.45) is 1.84. The van der Waals surface area contributed by atoms with Gasteiger partial charge in [0.1, 0.15) is 0 Å². The highest BCUT2D eigenvalue weighted by atomic mass is 79.9. The average Bonchev–Trinajstić information content (AvgIpc) is 2.94. The fraction of sp³-hybridized carbons (Fsp3) is 0.0833. The highest BCUT2D eigenvalue weighted by molar-refractivity contribution is 9.11. The Labute approximate surface area is 111 Å². The maximum absolute atomic E-state index is 4.05. The van der Waals surface area contributed by atoms with Crippen LogP contribution in [0, 0.1) is 0 Å². The molecule has 2 heterocycles. The fourth-order valence-electron chi connectivity index (χ4n) is 1.75. The Balaban J connectivity index is 1.83. The Morgan fingerprint density at radius 3 is 3.18 bits per heavy atom. The SMILES string of the molecule is Brc1cc(CNc2cccc3cn[nH]c23)cs1. The molecular weight excluding hydrogens is 298 g/mol. The van der Waals surface area contributed by atoms with Gasteiger partial charge in [-0.3, -0.25) is 5.10 Å². The molecule has 2 N–H and O–H groups in total. The summed E-state index contributed by atoms with van der Waals surface area (Å²) in [7, 11) is 0. The van der Waals surface area contributed by atoms with Gasteiger partial charge in [0.25, 0.3) is 0 Å². The van der Waals surface area contributed by atoms with Gasteiger partial charge in [-0.15, -0.1) is 11.3 Å². The van der Waals surface area contributed by atoms with Crippen molar-refractivity contribution in [3.63, 3.8) is 0 Å². The van der Waals surface area contributed by atoms with Gasteiger partial charge in [-0.05, 0) is 39.0 Å². The zero-order valence-electron chi connectivity index (χ0n) is 8.90. The van der Waals surface area contributed by atoms with Crippen LogP contribution in [0.25, 0.3) is 10.9 Å². The number of benzene rings is 1. The maximum Gasteiger partial charge on any atom is 0.0881 e. The number of para-hydroxylation sites is 1. The third-order valence-electron chi connectivity index (χ3n) is 2.58. The van der Waals surface area contributed by atoms with Crippen LogP contribution >= 0.6 is 27.3 Å². The number of nitrogens with zero attached hydrogens (tertiary/aromatic N) is 1. The van der Waals surface area contributed by atoms with Gasteiger partial charge in [-0.1, -0.05) is 12.1 Å². The summed E-state index contributed by atoms with van der Waals surface area (Å²) in [5.74, 6) is 0. The monoisotopic (exact) mass is 307 g/mol. The van der Waals surface area contributed by atoms with E-state index in [-0.39, 0.29) is 0 Å². The first kappa shape index (κ1) is 10.8. The number of fused-ring (bicyclic) bond motifs is 1. The lowest BCUT2D eigenvalue weighted by Gasteiger charge is -2.05. The zero-order valence-corrected chi connectivity index (χ0v) is 11.3. The van der Waals surface area contributed by atoms with Crippen molar-refractivity contribution in [2.45, 2.75) is 6.54 Å². The Bertz CT molecular complexity index is 644. The fourth-order valence-corrected chi connectivity index (χ4v) is 2.96. The lowest BCUT2D eigenvalue weighted by molar-refractivity contribution is 1.11. The van der Waals surface area contributed by atoms with Gasteiger partial charge in [-0.2, -0.15) is 5.10 Å². The third-order valence-corrected chi connectivity index (χ3v) is 4.13. The highest BCUT2D eigenvalue weighted by Gasteiger charge is 2.02. The number of rotatable bonds is 3. The summed E-state index contributed by atoms with van der Waals surface area (Å²) >= 11 is 5.17. The number of anilines is 1. The first-order chi connectivity index (χ1) is 8.33. The highest BCUT2D eigenvalue weighted by Crippen LogP contribution is 2.24. The minimum atomic E-state index is 0.820. The Morgan fingerprint density at radius 2 is 2.35 bits per heavy atom. The van der Waals surface area contributed by atoms with E-state index in [0.29, 0.717) is 0 Å². The predicted octanol–water partition coefficient (Wildman–Crippen LogP) is 4.00. The summed E-state index contributed by atoms with van der Waals surface area (Å²) in [5.41, 5.74) is 3.42. The average molecular weight is 308 g/mol. The molecule has 0 unspecified atom stereocenters. The second-order valence-electron chi connectivity index (χ2n) is 3.75. The molecule has 0 bridgehead atoms. The first-order valence-electron chi connectivity index (χ1n) is 5.22. The van der Waals surface area contributed by atoms with Crippen LogP contribution in [0.15, 0.2) is 39.6 Å². The molecule has 0 aliphatic carbocycles. The van der Waals surface area contributed by atoms with E-state index in [1.807, 2.05) is 18.3 Å². The van der Waals surface area contributed by atoms with Gasteiger partial charge < -0.3 is 5.32 Å². The maximum atomic E-state index is 4.05. The molecule has 2 aromatic heterocycles. The molecule has 0 amide bonds. The molecule has 0 spiro atoms. The van der Waals surface area contributed by atoms with Gasteiger partial charge in [0.2, 0.25) is 0 Å². The van der Waals surface area contributed by atoms with Crippen LogP contribution in [0.4, 0.5) is 5.69 Å². The van der Waals surface area contributed by atoms with Gasteiger partial charge in [0, 0.05) is 11.9 Å². The van der Waals surface area contributed by atoms with Gasteiger partial charge >= 0.3 is 0 Å². The van der Waals surface area contributed by atoms with E-state index in [2.05, 4.69) is 49.0 Å². The molecule has 86 valence electrons. The summed E-state index contributed by atoms with van der Waals surface area (Å²) in [4.78, 5) is 0. The van der Waals surface area contributed by atoms with Crippen LogP contribution in [0.5, 0.6) is 0 Å². The molecule has 3 aromatic rings. The normalized spacial score (nSPS) is 10.9. The molecule has 0 saturated heterocycles. The molecule has 0 aliphatic heterocycles. The third kappa shape index (κ3) is 2.21. The molecule has 0 aliphatic rings. The quantitative estimate of drug-likeness (QED) is 0.768. The molecular formula is C12H10BrN3S. The standard InChI is InChI=1S/C12H10BrN3S/c13-11-4-8(7-17-11)5-14-10-3-1-2-9-6-15-16-12(9)10/h1-4,6-7,14H,5H2,(H,15,16). The Morgan fingerprint density at radius 1 is 1.41 bits per heavy atom. The van der Waals surface area contributed by atoms with Crippen molar-refractivity contribution in [1.29, 1.82) is 0 Å². The van der Waals surface area contributed by atoms with Crippen molar-refractivity contribution in [2.24, 2.45) is 0 Å². The van der Waals surface area contributed by atoms with Crippen LogP contribution in [0.1, 0.15) is 5.56 Å². The van der Waals surface area contributed by atoms with Crippen molar-refractivity contribution in [3.05, 3.63) is 45.2 Å². The number of halogens is 1. The molecule has 3 rings (SSSR count). The second-order valence-corrected chi connectivity index (χ2v) is 6.04. The largest absolute Gasteiger partial charge is 0.379 e. The van der Waals surface area contributed by atoms with Gasteiger partial charge in [-0.25, -0.2) is 0 Å². The molecule has 1 aromatic carbocycles. The lowest BCUT2D eigenvalue weighted by atomic mass is 10.2. The molecule has 3 nitrogen and oxygen atoms in total. The van der Waals surface area contributed by atoms with Crippen LogP contribution in [-0.4, -0.2) is 10.2 Å². The van der Waals surface area contributed by atoms with E-state index in [4.69, 9.17) is 0 Å². The van der Waals surface area contributed by atoms with Crippen molar-refractivity contribution in [3.8, 4) is 0 Å². The second kappa shape index (κ2) is 4.50. The summed E-state index contributed by atoms with van der Waals surface area (Å²) in [5, 5.41) is 13.7. The minimum absolute atomic E-state index is 0.820. The summed E-state index contributed by atoms with van der Waals surface area (Å²) in [6, 6.07) is 8.27. The zero-order chi connectivity index (χ0) is 11.7. The predicted molar refractivity (Wildman–Crippen MR) is 75.4 cm³/mol. The Hall–Kier alpha value is -1.33. The van der Waals surface area contributed by atoms with Gasteiger partial charge in [0.15, 0.2) is 0 Å². The van der Waals surface area contributed by atoms with Crippen LogP contribution < -0.4 is 5.32 Å². The van der Waals surface area contributed by atoms with Crippen molar-refractivity contribution in [1.82, 2.24) is 10.2 Å². The first-order valence-corrected chi connectivity index (χ1v) is 6.89. The molecule has 5 heteroatoms. The van der Waals surface area contributed by atoms with E-state index >= 15 is 0 Å². The van der Waals surface area contributed by atoms with Crippen LogP contribution in [-0.2, 0) is 6.54 Å². The van der Waals surface area contributed by atoms with E-state index in [1.165, 1.54) is 5.56 Å². The smallest absolute Gasteiger partial charge is 0.0881 e. The lowest BCUT2D eigenvalue weighted by Crippen LogP contribution is -1.98. The number of aromatic amines is 1. The van der Waals surface area contributed by atoms with Crippen molar-refractivity contribution in [2.75, 3.05) is 5.32 Å². The topological polar surface area (TPSA) is 40.7 Å². The van der Waals surface area contributed by atoms with Gasteiger partial charge in [0.05, 0.1) is 21.2 Å². The van der Waals surface area contributed by atoms with Crippen molar-refractivity contribution >= 4 is 43.9 Å². The molecule has 0 saturated carbocycles. The molecule has 0 radical (unpaired) electrons. The van der Waals surface area contributed by atoms with E-state index in [9.17, 15) is 0 Å². The minimum Gasteiger partial charge on any atom is -0.379 e. The van der Waals surface area contributed by atoms with E-state index in [0.717, 1.165) is 26.9 Å². The van der Waals surface area contributed by atoms with E-state index < -0.39 is 0 Å². The van der Waals surface area contributed by atoms with Crippen LogP contribution in [0.3, 0.4) is 0 Å². The number of nitrogens with one attached hydrogen (secondary N) is 2. The summed E-state index contributed by atoms with van der Waals surface area (Å²) < 4.78 is 1.16. The number of aromatic nitrogens is 2. The number of hydrogen-bond donors (Lipinski definition) is 2. The van der Waals surface area contributed by atoms with E-state index in [1.54, 1.807) is 11.3 Å². The number of thiophene rings is 1. The Kier molecular flexibility index (Phi) is 2.86. The molecule has 17 heavy (non-hydrogen) atoms. The van der Waals surface area contributed by atoms with Crippen molar-refractivity contribution < 1.29 is 0 Å². The summed E-state index contributed by atoms with van der Waals surface area (Å²) in [6.45, 7) is 0.820.